The van der Waals surface area contributed by atoms with Crippen LogP contribution < -0.4 is 0 Å². The summed E-state index contributed by atoms with van der Waals surface area (Å²) < 4.78 is 58.9. The quantitative estimate of drug-likeness (QED) is 0.406. The number of halogens is 3. The molecule has 0 aromatic carbocycles. The second-order valence-corrected chi connectivity index (χ2v) is 7.92. The molecule has 0 aliphatic heterocycles. The van der Waals surface area contributed by atoms with Gasteiger partial charge >= 0.3 is 5.51 Å². The Bertz CT molecular complexity index is 362. The standard InChI is InChI=1S/C10H21OS.CHF3O3S/c1-4-7-8-10(11)9-12(5-2)6-3;2-1(3,4)8(5,6)7/h4-9H2,1-3H3;(H,5,6,7)/q+1;/p-1. The first-order chi connectivity index (χ1) is 8.99. The number of unbranched alkanes of at least 4 members (excludes halogenated alkanes) is 1. The first-order valence-corrected chi connectivity index (χ1v) is 9.31. The van der Waals surface area contributed by atoms with Crippen molar-refractivity contribution in [1.29, 1.82) is 0 Å². The highest BCUT2D eigenvalue weighted by molar-refractivity contribution is 7.97. The third-order valence-corrected chi connectivity index (χ3v) is 5.20. The van der Waals surface area contributed by atoms with Crippen molar-refractivity contribution in [3.05, 3.63) is 0 Å². The van der Waals surface area contributed by atoms with E-state index >= 15 is 0 Å². The molecule has 0 saturated heterocycles. The van der Waals surface area contributed by atoms with Crippen molar-refractivity contribution >= 4 is 26.8 Å². The molecule has 0 aromatic heterocycles. The minimum absolute atomic E-state index is 0.378. The van der Waals surface area contributed by atoms with Crippen LogP contribution in [0.5, 0.6) is 0 Å². The Hall–Kier alpha value is -0.280. The third-order valence-electron chi connectivity index (χ3n) is 2.27. The van der Waals surface area contributed by atoms with Crippen molar-refractivity contribution in [2.45, 2.75) is 45.5 Å². The van der Waals surface area contributed by atoms with Gasteiger partial charge in [-0.15, -0.1) is 0 Å². The number of ketones is 1. The Kier molecular flexibility index (Phi) is 11.5. The van der Waals surface area contributed by atoms with Gasteiger partial charge in [0, 0.05) is 6.42 Å². The molecule has 0 bridgehead atoms. The average molecular weight is 338 g/mol. The number of Topliss-reactive ketones (excluding diaryl/α,β-unsaturated/α-hetero) is 1. The van der Waals surface area contributed by atoms with Crippen LogP contribution in [-0.2, 0) is 25.8 Å². The van der Waals surface area contributed by atoms with Crippen LogP contribution in [0.25, 0.3) is 0 Å². The second kappa shape index (κ2) is 10.4. The third kappa shape index (κ3) is 11.5. The normalized spacial score (nSPS) is 12.0. The number of hydrogen-bond acceptors (Lipinski definition) is 4. The van der Waals surface area contributed by atoms with Crippen LogP contribution in [0.2, 0.25) is 0 Å². The molecule has 0 spiro atoms. The van der Waals surface area contributed by atoms with Crippen LogP contribution in [-0.4, -0.2) is 41.5 Å². The maximum Gasteiger partial charge on any atom is 0.485 e. The molecule has 0 rings (SSSR count). The summed E-state index contributed by atoms with van der Waals surface area (Å²) in [6, 6.07) is 0. The Morgan fingerprint density at radius 2 is 1.55 bits per heavy atom. The lowest BCUT2D eigenvalue weighted by molar-refractivity contribution is -0.116. The highest BCUT2D eigenvalue weighted by Crippen LogP contribution is 2.20. The lowest BCUT2D eigenvalue weighted by Crippen LogP contribution is -2.21. The van der Waals surface area contributed by atoms with Gasteiger partial charge in [-0.2, -0.15) is 13.2 Å². The monoisotopic (exact) mass is 338 g/mol. The highest BCUT2D eigenvalue weighted by atomic mass is 32.2. The molecule has 20 heavy (non-hydrogen) atoms. The molecule has 122 valence electrons. The number of carbonyl (C=O) groups excluding carboxylic acids is 1. The molecule has 0 atom stereocenters. The molecule has 0 aromatic rings. The van der Waals surface area contributed by atoms with Crippen molar-refractivity contribution < 1.29 is 30.9 Å². The SMILES string of the molecule is CCCCC(=O)C[S+](CC)CC.O=S(=O)([O-])C(F)(F)F. The highest BCUT2D eigenvalue weighted by Gasteiger charge is 2.36. The molecule has 0 fully saturated rings. The van der Waals surface area contributed by atoms with Gasteiger partial charge in [-0.1, -0.05) is 13.3 Å². The molecule has 0 heterocycles. The summed E-state index contributed by atoms with van der Waals surface area (Å²) in [7, 11) is -5.71. The molecule has 0 amide bonds. The summed E-state index contributed by atoms with van der Waals surface area (Å²) >= 11 is 0. The Morgan fingerprint density at radius 3 is 1.80 bits per heavy atom. The van der Waals surface area contributed by atoms with Crippen LogP contribution in [0.1, 0.15) is 40.0 Å². The summed E-state index contributed by atoms with van der Waals surface area (Å²) in [5, 5.41) is 0. The smallest absolute Gasteiger partial charge is 0.485 e. The lowest BCUT2D eigenvalue weighted by Gasteiger charge is -2.08. The molecular formula is C11H21F3O4S2. The van der Waals surface area contributed by atoms with Crippen molar-refractivity contribution in [3.63, 3.8) is 0 Å². The first kappa shape index (κ1) is 22.0. The second-order valence-electron chi connectivity index (χ2n) is 3.88. The average Bonchev–Trinajstić information content (AvgIpc) is 2.31. The largest absolute Gasteiger partial charge is 0.741 e. The van der Waals surface area contributed by atoms with Crippen LogP contribution in [0.3, 0.4) is 0 Å². The molecular weight excluding hydrogens is 317 g/mol. The van der Waals surface area contributed by atoms with Gasteiger partial charge in [-0.25, -0.2) is 8.42 Å². The minimum Gasteiger partial charge on any atom is -0.741 e. The van der Waals surface area contributed by atoms with E-state index in [1.165, 1.54) is 11.5 Å². The fraction of sp³-hybridized carbons (Fsp3) is 0.909. The number of rotatable bonds is 7. The summed E-state index contributed by atoms with van der Waals surface area (Å²) in [6.45, 7) is 6.49. The maximum atomic E-state index is 11.3. The molecule has 9 heteroatoms. The van der Waals surface area contributed by atoms with Crippen molar-refractivity contribution in [3.8, 4) is 0 Å². The Balaban J connectivity index is 0. The van der Waals surface area contributed by atoms with Gasteiger partial charge in [-0.3, -0.25) is 4.79 Å². The van der Waals surface area contributed by atoms with Gasteiger partial charge in [0.2, 0.25) is 0 Å². The predicted octanol–water partition coefficient (Wildman–Crippen LogP) is 2.46. The van der Waals surface area contributed by atoms with Crippen LogP contribution >= 0.6 is 0 Å². The minimum atomic E-state index is -6.09. The van der Waals surface area contributed by atoms with Gasteiger partial charge < -0.3 is 4.55 Å². The molecule has 0 aliphatic carbocycles. The molecule has 0 unspecified atom stereocenters. The molecule has 0 radical (unpaired) electrons. The van der Waals surface area contributed by atoms with E-state index in [2.05, 4.69) is 20.8 Å². The van der Waals surface area contributed by atoms with Gasteiger partial charge in [0.1, 0.15) is 11.5 Å². The summed E-state index contributed by atoms with van der Waals surface area (Å²) in [6.07, 6.45) is 3.02. The summed E-state index contributed by atoms with van der Waals surface area (Å²) in [5.41, 5.74) is -5.65. The number of hydrogen-bond donors (Lipinski definition) is 0. The molecule has 0 N–H and O–H groups in total. The molecule has 0 saturated carbocycles. The molecule has 4 nitrogen and oxygen atoms in total. The number of alkyl halides is 3. The van der Waals surface area contributed by atoms with Crippen LogP contribution in [0.15, 0.2) is 0 Å². The van der Waals surface area contributed by atoms with E-state index in [1.807, 2.05) is 0 Å². The van der Waals surface area contributed by atoms with E-state index in [0.29, 0.717) is 16.7 Å². The number of carbonyl (C=O) groups is 1. The van der Waals surface area contributed by atoms with Crippen molar-refractivity contribution in [2.24, 2.45) is 0 Å². The Morgan fingerprint density at radius 1 is 1.15 bits per heavy atom. The van der Waals surface area contributed by atoms with Crippen molar-refractivity contribution in [2.75, 3.05) is 17.3 Å². The van der Waals surface area contributed by atoms with E-state index < -0.39 is 15.6 Å². The first-order valence-electron chi connectivity index (χ1n) is 6.17. The van der Waals surface area contributed by atoms with E-state index in [4.69, 9.17) is 13.0 Å². The lowest BCUT2D eigenvalue weighted by atomic mass is 10.2. The van der Waals surface area contributed by atoms with Gasteiger partial charge in [0.15, 0.2) is 21.7 Å². The van der Waals surface area contributed by atoms with Crippen LogP contribution in [0.4, 0.5) is 13.2 Å². The molecule has 0 aliphatic rings. The van der Waals surface area contributed by atoms with E-state index in [0.717, 1.165) is 25.0 Å². The topological polar surface area (TPSA) is 74.3 Å². The maximum absolute atomic E-state index is 11.3. The van der Waals surface area contributed by atoms with Gasteiger partial charge in [0.25, 0.3) is 0 Å². The van der Waals surface area contributed by atoms with E-state index in [-0.39, 0.29) is 0 Å². The fourth-order valence-corrected chi connectivity index (χ4v) is 2.50. The van der Waals surface area contributed by atoms with Crippen LogP contribution in [0, 0.1) is 0 Å². The zero-order valence-electron chi connectivity index (χ0n) is 11.8. The fourth-order valence-electron chi connectivity index (χ4n) is 1.08. The van der Waals surface area contributed by atoms with Gasteiger partial charge in [0.05, 0.1) is 0 Å². The van der Waals surface area contributed by atoms with E-state index in [9.17, 15) is 18.0 Å². The van der Waals surface area contributed by atoms with E-state index in [1.54, 1.807) is 0 Å². The summed E-state index contributed by atoms with van der Waals surface area (Å²) in [5.74, 6) is 3.67. The van der Waals surface area contributed by atoms with Crippen molar-refractivity contribution in [1.82, 2.24) is 0 Å². The Labute approximate surface area is 121 Å². The van der Waals surface area contributed by atoms with Gasteiger partial charge in [-0.05, 0) is 31.2 Å². The summed E-state index contributed by atoms with van der Waals surface area (Å²) in [4.78, 5) is 11.3. The predicted molar refractivity (Wildman–Crippen MR) is 73.6 cm³/mol. The zero-order valence-corrected chi connectivity index (χ0v) is 13.5. The zero-order chi connectivity index (χ0) is 16.4.